The third kappa shape index (κ3) is 8.51. The summed E-state index contributed by atoms with van der Waals surface area (Å²) in [6, 6.07) is 13.0. The van der Waals surface area contributed by atoms with E-state index in [0.717, 1.165) is 11.3 Å². The summed E-state index contributed by atoms with van der Waals surface area (Å²) in [5, 5.41) is 2.80. The smallest absolute Gasteiger partial charge is 0.414 e. The summed E-state index contributed by atoms with van der Waals surface area (Å²) in [6.07, 6.45) is 1.74. The second-order valence-electron chi connectivity index (χ2n) is 14.3. The van der Waals surface area contributed by atoms with Crippen LogP contribution >= 0.6 is 0 Å². The van der Waals surface area contributed by atoms with Crippen LogP contribution in [0.1, 0.15) is 82.6 Å². The molecule has 0 bridgehead atoms. The zero-order valence-electron chi connectivity index (χ0n) is 28.9. The normalized spacial score (nSPS) is 17.7. The van der Waals surface area contributed by atoms with Gasteiger partial charge >= 0.3 is 12.2 Å². The Hall–Kier alpha value is -4.48. The summed E-state index contributed by atoms with van der Waals surface area (Å²) >= 11 is 0. The maximum absolute atomic E-state index is 13.6. The molecule has 48 heavy (non-hydrogen) atoms. The molecule has 12 heteroatoms. The number of alkyl carbamates (subject to hydrolysis) is 1. The van der Waals surface area contributed by atoms with Gasteiger partial charge in [0.05, 0.1) is 18.4 Å². The van der Waals surface area contributed by atoms with Gasteiger partial charge in [-0.15, -0.1) is 0 Å². The van der Waals surface area contributed by atoms with Gasteiger partial charge in [0, 0.05) is 68.7 Å². The number of benzene rings is 2. The molecule has 4 amide bonds. The molecule has 0 saturated carbocycles. The Morgan fingerprint density at radius 1 is 0.917 bits per heavy atom. The summed E-state index contributed by atoms with van der Waals surface area (Å²) in [4.78, 5) is 56.9. The number of nitrogens with one attached hydrogen (secondary N) is 1. The fourth-order valence-electron chi connectivity index (χ4n) is 6.47. The summed E-state index contributed by atoms with van der Waals surface area (Å²) in [7, 11) is 1.53. The molecule has 2 saturated heterocycles. The highest BCUT2D eigenvalue weighted by Gasteiger charge is 2.36. The van der Waals surface area contributed by atoms with E-state index in [1.165, 1.54) is 7.11 Å². The number of methoxy groups -OCH3 is 1. The predicted octanol–water partition coefficient (Wildman–Crippen LogP) is 5.52. The first-order valence-corrected chi connectivity index (χ1v) is 16.7. The van der Waals surface area contributed by atoms with Crippen molar-refractivity contribution in [1.82, 2.24) is 15.1 Å². The van der Waals surface area contributed by atoms with Crippen molar-refractivity contribution in [3.05, 3.63) is 53.6 Å². The highest BCUT2D eigenvalue weighted by Crippen LogP contribution is 2.33. The number of piperidine rings is 2. The number of ether oxygens (including phenoxy) is 4. The fraction of sp³-hybridized carbons (Fsp3) is 0.556. The molecule has 2 fully saturated rings. The van der Waals surface area contributed by atoms with E-state index < -0.39 is 17.2 Å². The van der Waals surface area contributed by atoms with Crippen molar-refractivity contribution in [1.29, 1.82) is 0 Å². The van der Waals surface area contributed by atoms with Crippen LogP contribution in [-0.2, 0) is 20.9 Å². The molecule has 0 unspecified atom stereocenters. The molecular weight excluding hydrogens is 616 g/mol. The molecule has 2 aromatic carbocycles. The number of hydrogen-bond donors (Lipinski definition) is 1. The van der Waals surface area contributed by atoms with Gasteiger partial charge in [0.2, 0.25) is 5.91 Å². The number of rotatable bonds is 8. The van der Waals surface area contributed by atoms with Crippen LogP contribution in [0.3, 0.4) is 0 Å². The maximum atomic E-state index is 13.6. The molecule has 0 radical (unpaired) electrons. The van der Waals surface area contributed by atoms with E-state index in [1.807, 2.05) is 24.3 Å². The molecule has 260 valence electrons. The lowest BCUT2D eigenvalue weighted by Crippen LogP contribution is -2.50. The topological polar surface area (TPSA) is 127 Å². The van der Waals surface area contributed by atoms with Crippen LogP contribution in [0.2, 0.25) is 0 Å². The number of cyclic esters (lactones) is 1. The summed E-state index contributed by atoms with van der Waals surface area (Å²) in [5.74, 6) is 0.857. The van der Waals surface area contributed by atoms with E-state index >= 15 is 0 Å². The van der Waals surface area contributed by atoms with E-state index in [2.05, 4.69) is 5.32 Å². The van der Waals surface area contributed by atoms with E-state index in [-0.39, 0.29) is 43.1 Å². The summed E-state index contributed by atoms with van der Waals surface area (Å²) in [6.45, 7) is 11.4. The number of hydrogen-bond acceptors (Lipinski definition) is 8. The standard InChI is InChI=1S/C36H48N4O8/c1-35(2,3)48-33(43)37-36(4,5)22-31(41)38-19-15-26(16-20-38)47-27-11-12-28(30(21-27)45-6)32(42)39-17-13-25(14-18-39)40-29-10-8-7-9-24(29)23-46-34(40)44/h7-12,21,25-26H,13-20,22-23H2,1-6H3,(H,37,43). The molecular formula is C36H48N4O8. The fourth-order valence-corrected chi connectivity index (χ4v) is 6.47. The van der Waals surface area contributed by atoms with Crippen LogP contribution in [0, 0.1) is 0 Å². The Morgan fingerprint density at radius 2 is 1.58 bits per heavy atom. The highest BCUT2D eigenvalue weighted by molar-refractivity contribution is 5.97. The molecule has 0 aromatic heterocycles. The quantitative estimate of drug-likeness (QED) is 0.391. The van der Waals surface area contributed by atoms with E-state index in [0.29, 0.717) is 68.9 Å². The lowest BCUT2D eigenvalue weighted by Gasteiger charge is -2.40. The average molecular weight is 665 g/mol. The van der Waals surface area contributed by atoms with Gasteiger partial charge in [-0.05, 0) is 65.7 Å². The number of para-hydroxylation sites is 1. The SMILES string of the molecule is COc1cc(OC2CCN(C(=O)CC(C)(C)NC(=O)OC(C)(C)C)CC2)ccc1C(=O)N1CCC(N2C(=O)OCc3ccccc32)CC1. The lowest BCUT2D eigenvalue weighted by atomic mass is 9.98. The number of nitrogens with zero attached hydrogens (tertiary/aromatic N) is 3. The van der Waals surface area contributed by atoms with Crippen LogP contribution in [0.15, 0.2) is 42.5 Å². The van der Waals surface area contributed by atoms with Gasteiger partial charge in [-0.2, -0.15) is 0 Å². The molecule has 3 aliphatic rings. The van der Waals surface area contributed by atoms with Crippen molar-refractivity contribution >= 4 is 29.7 Å². The molecule has 0 atom stereocenters. The van der Waals surface area contributed by atoms with Crippen LogP contribution in [0.5, 0.6) is 11.5 Å². The zero-order chi connectivity index (χ0) is 34.6. The molecule has 1 N–H and O–H groups in total. The molecule has 12 nitrogen and oxygen atoms in total. The Kier molecular flexibility index (Phi) is 10.4. The third-order valence-electron chi connectivity index (χ3n) is 8.85. The number of amides is 4. The minimum absolute atomic E-state index is 0.0382. The third-order valence-corrected chi connectivity index (χ3v) is 8.85. The molecule has 2 aromatic rings. The first-order valence-electron chi connectivity index (χ1n) is 16.7. The van der Waals surface area contributed by atoms with E-state index in [9.17, 15) is 19.2 Å². The Balaban J connectivity index is 1.11. The number of anilines is 1. The lowest BCUT2D eigenvalue weighted by molar-refractivity contribution is -0.134. The number of carbonyl (C=O) groups excluding carboxylic acids is 4. The van der Waals surface area contributed by atoms with E-state index in [1.54, 1.807) is 67.5 Å². The maximum Gasteiger partial charge on any atom is 0.414 e. The second kappa shape index (κ2) is 14.3. The van der Waals surface area contributed by atoms with Crippen LogP contribution in [0.25, 0.3) is 0 Å². The van der Waals surface area contributed by atoms with Gasteiger partial charge in [-0.25, -0.2) is 9.59 Å². The predicted molar refractivity (Wildman–Crippen MR) is 179 cm³/mol. The van der Waals surface area contributed by atoms with E-state index in [4.69, 9.17) is 18.9 Å². The Morgan fingerprint density at radius 3 is 2.25 bits per heavy atom. The van der Waals surface area contributed by atoms with Gasteiger partial charge in [0.1, 0.15) is 29.8 Å². The largest absolute Gasteiger partial charge is 0.496 e. The second-order valence-corrected chi connectivity index (χ2v) is 14.3. The van der Waals surface area contributed by atoms with Crippen LogP contribution < -0.4 is 19.7 Å². The van der Waals surface area contributed by atoms with Gasteiger partial charge in [-0.1, -0.05) is 18.2 Å². The highest BCUT2D eigenvalue weighted by atomic mass is 16.6. The summed E-state index contributed by atoms with van der Waals surface area (Å²) < 4.78 is 22.6. The number of likely N-dealkylation sites (tertiary alicyclic amines) is 2. The van der Waals surface area contributed by atoms with Gasteiger partial charge in [0.25, 0.3) is 5.91 Å². The first-order chi connectivity index (χ1) is 22.7. The zero-order valence-corrected chi connectivity index (χ0v) is 28.9. The minimum Gasteiger partial charge on any atom is -0.496 e. The molecule has 0 aliphatic carbocycles. The van der Waals surface area contributed by atoms with Crippen LogP contribution in [0.4, 0.5) is 15.3 Å². The molecule has 5 rings (SSSR count). The first kappa shape index (κ1) is 34.8. The Labute approximate surface area is 282 Å². The van der Waals surface area contributed by atoms with Gasteiger partial charge in [0.15, 0.2) is 0 Å². The minimum atomic E-state index is -0.758. The van der Waals surface area contributed by atoms with Crippen molar-refractivity contribution < 1.29 is 38.1 Å². The van der Waals surface area contributed by atoms with Crippen molar-refractivity contribution in [3.63, 3.8) is 0 Å². The Bertz CT molecular complexity index is 1500. The van der Waals surface area contributed by atoms with Crippen molar-refractivity contribution in [2.75, 3.05) is 38.2 Å². The van der Waals surface area contributed by atoms with Crippen molar-refractivity contribution in [2.24, 2.45) is 0 Å². The van der Waals surface area contributed by atoms with Crippen LogP contribution in [-0.4, -0.2) is 90.4 Å². The number of fused-ring (bicyclic) bond motifs is 1. The average Bonchev–Trinajstić information content (AvgIpc) is 3.03. The molecule has 3 aliphatic heterocycles. The van der Waals surface area contributed by atoms with Crippen molar-refractivity contribution in [2.45, 2.75) is 96.6 Å². The molecule has 3 heterocycles. The molecule has 0 spiro atoms. The summed E-state index contributed by atoms with van der Waals surface area (Å²) in [5.41, 5.74) is 0.935. The number of carbonyl (C=O) groups is 4. The van der Waals surface area contributed by atoms with Gasteiger partial charge in [-0.3, -0.25) is 14.5 Å². The monoisotopic (exact) mass is 664 g/mol. The van der Waals surface area contributed by atoms with Gasteiger partial charge < -0.3 is 34.1 Å². The van der Waals surface area contributed by atoms with Crippen molar-refractivity contribution in [3.8, 4) is 11.5 Å².